The molecule has 10 heteroatoms. The molecule has 3 amide bonds. The SMILES string of the molecule is CCC(C(=O)NC1CCCC1)N(Cc1ccc(OC)cc1)C(=O)CCN1C(=O)c2ccccc2S1(=O)=O. The Morgan fingerprint density at radius 2 is 1.78 bits per heavy atom. The number of amides is 3. The number of sulfonamides is 1. The Bertz CT molecular complexity index is 1260. The number of benzene rings is 2. The molecule has 1 fully saturated rings. The van der Waals surface area contributed by atoms with Gasteiger partial charge in [-0.2, -0.15) is 0 Å². The van der Waals surface area contributed by atoms with Gasteiger partial charge in [0.25, 0.3) is 15.9 Å². The molecule has 0 radical (unpaired) electrons. The van der Waals surface area contributed by atoms with Crippen LogP contribution in [-0.4, -0.2) is 61.1 Å². The molecular weight excluding hydrogens is 494 g/mol. The number of hydrogen-bond acceptors (Lipinski definition) is 6. The lowest BCUT2D eigenvalue weighted by molar-refractivity contribution is -0.141. The summed E-state index contributed by atoms with van der Waals surface area (Å²) >= 11 is 0. The first-order valence-electron chi connectivity index (χ1n) is 12.6. The highest BCUT2D eigenvalue weighted by Gasteiger charge is 2.41. The summed E-state index contributed by atoms with van der Waals surface area (Å²) in [6, 6.07) is 12.6. The zero-order valence-electron chi connectivity index (χ0n) is 21.2. The maximum atomic E-state index is 13.5. The van der Waals surface area contributed by atoms with Crippen LogP contribution in [0.4, 0.5) is 0 Å². The molecule has 1 aliphatic heterocycles. The van der Waals surface area contributed by atoms with E-state index in [1.165, 1.54) is 17.0 Å². The van der Waals surface area contributed by atoms with Crippen molar-refractivity contribution in [1.82, 2.24) is 14.5 Å². The third-order valence-corrected chi connectivity index (χ3v) is 8.88. The monoisotopic (exact) mass is 527 g/mol. The Kier molecular flexibility index (Phi) is 8.16. The molecule has 198 valence electrons. The van der Waals surface area contributed by atoms with Crippen LogP contribution >= 0.6 is 0 Å². The third kappa shape index (κ3) is 5.64. The predicted molar refractivity (Wildman–Crippen MR) is 137 cm³/mol. The Balaban J connectivity index is 1.53. The van der Waals surface area contributed by atoms with E-state index in [1.54, 1.807) is 31.4 Å². The molecular formula is C27H33N3O6S. The van der Waals surface area contributed by atoms with Gasteiger partial charge in [0.15, 0.2) is 0 Å². The predicted octanol–water partition coefficient (Wildman–Crippen LogP) is 3.10. The van der Waals surface area contributed by atoms with Gasteiger partial charge in [0.1, 0.15) is 16.7 Å². The van der Waals surface area contributed by atoms with E-state index in [0.29, 0.717) is 12.2 Å². The van der Waals surface area contributed by atoms with E-state index < -0.39 is 27.9 Å². The van der Waals surface area contributed by atoms with Crippen LogP contribution in [-0.2, 0) is 26.2 Å². The summed E-state index contributed by atoms with van der Waals surface area (Å²) in [4.78, 5) is 41.0. The highest BCUT2D eigenvalue weighted by atomic mass is 32.2. The van der Waals surface area contributed by atoms with Crippen LogP contribution < -0.4 is 10.1 Å². The molecule has 1 aliphatic carbocycles. The van der Waals surface area contributed by atoms with Gasteiger partial charge in [-0.15, -0.1) is 0 Å². The van der Waals surface area contributed by atoms with Crippen molar-refractivity contribution in [2.45, 2.75) is 69.0 Å². The maximum absolute atomic E-state index is 13.5. The minimum Gasteiger partial charge on any atom is -0.497 e. The van der Waals surface area contributed by atoms with Crippen molar-refractivity contribution in [1.29, 1.82) is 0 Å². The zero-order valence-corrected chi connectivity index (χ0v) is 22.0. The Morgan fingerprint density at radius 3 is 2.41 bits per heavy atom. The fraction of sp³-hybridized carbons (Fsp3) is 0.444. The van der Waals surface area contributed by atoms with E-state index in [-0.39, 0.29) is 41.9 Å². The van der Waals surface area contributed by atoms with Crippen molar-refractivity contribution in [3.05, 3.63) is 59.7 Å². The minimum atomic E-state index is -4.02. The summed E-state index contributed by atoms with van der Waals surface area (Å²) in [6.07, 6.45) is 4.14. The number of nitrogens with zero attached hydrogens (tertiary/aromatic N) is 2. The molecule has 1 heterocycles. The molecule has 0 spiro atoms. The summed E-state index contributed by atoms with van der Waals surface area (Å²) in [5, 5.41) is 3.09. The van der Waals surface area contributed by atoms with E-state index in [9.17, 15) is 22.8 Å². The second-order valence-electron chi connectivity index (χ2n) is 9.41. The molecule has 4 rings (SSSR count). The van der Waals surface area contributed by atoms with Crippen LogP contribution in [0, 0.1) is 0 Å². The fourth-order valence-electron chi connectivity index (χ4n) is 5.01. The van der Waals surface area contributed by atoms with Gasteiger partial charge in [-0.25, -0.2) is 12.7 Å². The molecule has 37 heavy (non-hydrogen) atoms. The molecule has 0 bridgehead atoms. The largest absolute Gasteiger partial charge is 0.497 e. The number of hydrogen-bond donors (Lipinski definition) is 1. The average Bonchev–Trinajstić information content (AvgIpc) is 3.47. The molecule has 2 aliphatic rings. The van der Waals surface area contributed by atoms with E-state index in [4.69, 9.17) is 4.74 Å². The number of nitrogens with one attached hydrogen (secondary N) is 1. The number of carbonyl (C=O) groups excluding carboxylic acids is 3. The third-order valence-electron chi connectivity index (χ3n) is 7.04. The standard InChI is InChI=1S/C27H33N3O6S/c1-3-23(26(32)28-20-8-4-5-9-20)29(18-19-12-14-21(36-2)15-13-19)25(31)16-17-30-27(33)22-10-6-7-11-24(22)37(30,34)35/h6-7,10-15,20,23H,3-5,8-9,16-18H2,1-2H3,(H,28,32). The van der Waals surface area contributed by atoms with Crippen molar-refractivity contribution < 1.29 is 27.5 Å². The quantitative estimate of drug-likeness (QED) is 0.508. The van der Waals surface area contributed by atoms with Gasteiger partial charge in [-0.3, -0.25) is 14.4 Å². The van der Waals surface area contributed by atoms with Gasteiger partial charge in [0.05, 0.1) is 12.7 Å². The second kappa shape index (κ2) is 11.3. The first kappa shape index (κ1) is 26.7. The number of fused-ring (bicyclic) bond motifs is 1. The fourth-order valence-corrected chi connectivity index (χ4v) is 6.58. The molecule has 0 saturated heterocycles. The first-order valence-corrected chi connectivity index (χ1v) is 14.1. The molecule has 2 aromatic rings. The van der Waals surface area contributed by atoms with E-state index in [2.05, 4.69) is 5.32 Å². The van der Waals surface area contributed by atoms with Crippen molar-refractivity contribution in [2.75, 3.05) is 13.7 Å². The topological polar surface area (TPSA) is 113 Å². The lowest BCUT2D eigenvalue weighted by Gasteiger charge is -2.32. The molecule has 2 aromatic carbocycles. The van der Waals surface area contributed by atoms with Crippen molar-refractivity contribution in [3.8, 4) is 5.75 Å². The number of carbonyl (C=O) groups is 3. The molecule has 1 saturated carbocycles. The Labute approximate surface area is 217 Å². The van der Waals surface area contributed by atoms with Crippen LogP contribution in [0.3, 0.4) is 0 Å². The van der Waals surface area contributed by atoms with Gasteiger partial charge >= 0.3 is 0 Å². The second-order valence-corrected chi connectivity index (χ2v) is 11.2. The van der Waals surface area contributed by atoms with Crippen molar-refractivity contribution in [3.63, 3.8) is 0 Å². The zero-order chi connectivity index (χ0) is 26.6. The Hall–Kier alpha value is -3.40. The van der Waals surface area contributed by atoms with Crippen molar-refractivity contribution >= 4 is 27.7 Å². The normalized spacial score (nSPS) is 17.4. The van der Waals surface area contributed by atoms with Gasteiger partial charge in [0, 0.05) is 25.6 Å². The van der Waals surface area contributed by atoms with Gasteiger partial charge < -0.3 is 15.0 Å². The summed E-state index contributed by atoms with van der Waals surface area (Å²) < 4.78 is 31.8. The lowest BCUT2D eigenvalue weighted by atomic mass is 10.1. The molecule has 1 atom stereocenters. The summed E-state index contributed by atoms with van der Waals surface area (Å²) in [6.45, 7) is 1.72. The van der Waals surface area contributed by atoms with Gasteiger partial charge in [0.2, 0.25) is 11.8 Å². The Morgan fingerprint density at radius 1 is 1.11 bits per heavy atom. The van der Waals surface area contributed by atoms with Crippen LogP contribution in [0.1, 0.15) is 61.4 Å². The van der Waals surface area contributed by atoms with Gasteiger partial charge in [-0.1, -0.05) is 44.0 Å². The molecule has 0 aromatic heterocycles. The molecule has 9 nitrogen and oxygen atoms in total. The highest BCUT2D eigenvalue weighted by Crippen LogP contribution is 2.30. The maximum Gasteiger partial charge on any atom is 0.269 e. The van der Waals surface area contributed by atoms with Crippen LogP contribution in [0.15, 0.2) is 53.4 Å². The van der Waals surface area contributed by atoms with E-state index in [1.807, 2.05) is 19.1 Å². The summed E-state index contributed by atoms with van der Waals surface area (Å²) in [5.74, 6) is -0.585. The van der Waals surface area contributed by atoms with E-state index >= 15 is 0 Å². The van der Waals surface area contributed by atoms with Crippen molar-refractivity contribution in [2.24, 2.45) is 0 Å². The highest BCUT2D eigenvalue weighted by molar-refractivity contribution is 7.90. The number of rotatable bonds is 10. The smallest absolute Gasteiger partial charge is 0.269 e. The van der Waals surface area contributed by atoms with E-state index in [0.717, 1.165) is 35.6 Å². The summed E-state index contributed by atoms with van der Waals surface area (Å²) in [7, 11) is -2.45. The van der Waals surface area contributed by atoms with Crippen LogP contribution in [0.2, 0.25) is 0 Å². The molecule has 1 N–H and O–H groups in total. The lowest BCUT2D eigenvalue weighted by Crippen LogP contribution is -2.51. The van der Waals surface area contributed by atoms with Gasteiger partial charge in [-0.05, 0) is 49.1 Å². The summed E-state index contributed by atoms with van der Waals surface area (Å²) in [5.41, 5.74) is 0.908. The molecule has 1 unspecified atom stereocenters. The number of ether oxygens (including phenoxy) is 1. The average molecular weight is 528 g/mol. The van der Waals surface area contributed by atoms with Crippen LogP contribution in [0.5, 0.6) is 5.75 Å². The van der Waals surface area contributed by atoms with Crippen LogP contribution in [0.25, 0.3) is 0 Å². The number of methoxy groups -OCH3 is 1. The first-order chi connectivity index (χ1) is 17.8. The minimum absolute atomic E-state index is 0.0510.